The van der Waals surface area contributed by atoms with E-state index in [1.807, 2.05) is 0 Å². The Labute approximate surface area is 74.4 Å². The molecule has 66 valence electrons. The lowest BCUT2D eigenvalue weighted by Crippen LogP contribution is -2.37. The van der Waals surface area contributed by atoms with Gasteiger partial charge in [0.25, 0.3) is 6.33 Å². The zero-order valence-electron chi connectivity index (χ0n) is 6.77. The lowest BCUT2D eigenvalue weighted by atomic mass is 10.3. The average Bonchev–Trinajstić information content (AvgIpc) is 2.61. The van der Waals surface area contributed by atoms with Crippen LogP contribution in [0.5, 0.6) is 5.75 Å². The Kier molecular flexibility index (Phi) is 1.96. The fourth-order valence-corrected chi connectivity index (χ4v) is 0.965. The maximum atomic E-state index is 13.0. The summed E-state index contributed by atoms with van der Waals surface area (Å²) >= 11 is 0. The zero-order chi connectivity index (χ0) is 9.10. The Morgan fingerprint density at radius 1 is 1.31 bits per heavy atom. The number of H-pyrrole nitrogens is 1. The van der Waals surface area contributed by atoms with Crippen LogP contribution in [0, 0.1) is 5.82 Å². The van der Waals surface area contributed by atoms with Crippen molar-refractivity contribution in [2.24, 2.45) is 0 Å². The summed E-state index contributed by atoms with van der Waals surface area (Å²) in [5, 5.41) is 0. The highest BCUT2D eigenvalue weighted by Gasteiger charge is 2.05. The van der Waals surface area contributed by atoms with Gasteiger partial charge in [0.15, 0.2) is 12.0 Å². The fourth-order valence-electron chi connectivity index (χ4n) is 0.965. The van der Waals surface area contributed by atoms with Gasteiger partial charge in [-0.2, -0.15) is 0 Å². The first-order valence-corrected chi connectivity index (χ1v) is 3.83. The predicted octanol–water partition coefficient (Wildman–Crippen LogP) is 1.28. The summed E-state index contributed by atoms with van der Waals surface area (Å²) < 4.78 is 14.4. The van der Waals surface area contributed by atoms with Crippen LogP contribution >= 0.6 is 0 Å². The second-order valence-electron chi connectivity index (χ2n) is 2.49. The van der Waals surface area contributed by atoms with Gasteiger partial charge in [0.2, 0.25) is 5.75 Å². The van der Waals surface area contributed by atoms with Gasteiger partial charge in [-0.25, -0.2) is 9.37 Å². The van der Waals surface area contributed by atoms with Gasteiger partial charge in [-0.3, -0.25) is 4.84 Å². The third-order valence-electron chi connectivity index (χ3n) is 1.56. The highest BCUT2D eigenvalue weighted by molar-refractivity contribution is 5.22. The van der Waals surface area contributed by atoms with Crippen molar-refractivity contribution in [1.82, 2.24) is 4.98 Å². The van der Waals surface area contributed by atoms with Crippen LogP contribution in [-0.4, -0.2) is 4.98 Å². The number of halogens is 1. The van der Waals surface area contributed by atoms with E-state index in [-0.39, 0.29) is 11.6 Å². The molecule has 1 N–H and O–H groups in total. The van der Waals surface area contributed by atoms with E-state index in [0.717, 1.165) is 0 Å². The number of para-hydroxylation sites is 1. The second-order valence-corrected chi connectivity index (χ2v) is 2.49. The molecule has 3 nitrogen and oxygen atoms in total. The Bertz CT molecular complexity index is 386. The summed E-state index contributed by atoms with van der Waals surface area (Å²) in [6, 6.07) is 6.24. The molecule has 2 aromatic rings. The van der Waals surface area contributed by atoms with E-state index >= 15 is 0 Å². The Morgan fingerprint density at radius 3 is 2.85 bits per heavy atom. The largest absolute Gasteiger partial charge is 0.294 e. The monoisotopic (exact) mass is 179 g/mol. The number of rotatable bonds is 2. The molecule has 0 radical (unpaired) electrons. The van der Waals surface area contributed by atoms with Crippen molar-refractivity contribution in [3.8, 4) is 5.75 Å². The standard InChI is InChI=1S/C9H7FN2O/c10-8-3-1-2-4-9(8)13-12-6-5-11-7-12/h1-7H/p+1. The SMILES string of the molecule is Fc1ccccc1O[n+]1cc[nH]c1. The van der Waals surface area contributed by atoms with Crippen LogP contribution in [0.15, 0.2) is 43.0 Å². The van der Waals surface area contributed by atoms with Gasteiger partial charge in [-0.05, 0) is 16.9 Å². The second kappa shape index (κ2) is 3.26. The summed E-state index contributed by atoms with van der Waals surface area (Å²) in [4.78, 5) is 7.94. The van der Waals surface area contributed by atoms with Crippen LogP contribution in [0.25, 0.3) is 0 Å². The molecule has 0 fully saturated rings. The molecule has 0 unspecified atom stereocenters. The van der Waals surface area contributed by atoms with Crippen LogP contribution in [0.2, 0.25) is 0 Å². The molecule has 0 atom stereocenters. The number of hydrogen-bond donors (Lipinski definition) is 1. The summed E-state index contributed by atoms with van der Waals surface area (Å²) in [5.41, 5.74) is 0. The molecule has 4 heteroatoms. The lowest BCUT2D eigenvalue weighted by Gasteiger charge is -1.98. The van der Waals surface area contributed by atoms with E-state index in [2.05, 4.69) is 4.98 Å². The number of imidazole rings is 1. The maximum Gasteiger partial charge on any atom is 0.282 e. The number of nitrogens with zero attached hydrogens (tertiary/aromatic N) is 1. The molecule has 2 rings (SSSR count). The van der Waals surface area contributed by atoms with Crippen molar-refractivity contribution in [2.75, 3.05) is 0 Å². The van der Waals surface area contributed by atoms with Gasteiger partial charge in [0.1, 0.15) is 6.20 Å². The number of hydrogen-bond acceptors (Lipinski definition) is 1. The van der Waals surface area contributed by atoms with E-state index in [9.17, 15) is 4.39 Å². The number of aromatic amines is 1. The van der Waals surface area contributed by atoms with E-state index in [1.54, 1.807) is 36.9 Å². The predicted molar refractivity (Wildman–Crippen MR) is 43.4 cm³/mol. The van der Waals surface area contributed by atoms with E-state index in [4.69, 9.17) is 4.84 Å². The topological polar surface area (TPSA) is 28.9 Å². The smallest absolute Gasteiger partial charge is 0.282 e. The summed E-state index contributed by atoms with van der Waals surface area (Å²) in [6.07, 6.45) is 4.90. The molecule has 0 aliphatic carbocycles. The Balaban J connectivity index is 2.24. The van der Waals surface area contributed by atoms with Gasteiger partial charge in [0.05, 0.1) is 0 Å². The summed E-state index contributed by atoms with van der Waals surface area (Å²) in [5.74, 6) is -0.177. The zero-order valence-corrected chi connectivity index (χ0v) is 6.77. The maximum absolute atomic E-state index is 13.0. The van der Waals surface area contributed by atoms with Crippen molar-refractivity contribution in [3.63, 3.8) is 0 Å². The van der Waals surface area contributed by atoms with E-state index in [0.29, 0.717) is 0 Å². The minimum Gasteiger partial charge on any atom is -0.294 e. The molecular weight excluding hydrogens is 171 g/mol. The third kappa shape index (κ3) is 1.66. The molecule has 0 spiro atoms. The molecule has 1 aromatic heterocycles. The van der Waals surface area contributed by atoms with Crippen molar-refractivity contribution in [3.05, 3.63) is 48.8 Å². The van der Waals surface area contributed by atoms with Gasteiger partial charge in [-0.1, -0.05) is 12.1 Å². The van der Waals surface area contributed by atoms with Crippen molar-refractivity contribution >= 4 is 0 Å². The number of benzene rings is 1. The molecule has 0 saturated heterocycles. The average molecular weight is 179 g/mol. The first-order valence-electron chi connectivity index (χ1n) is 3.83. The molecule has 0 aliphatic heterocycles. The molecule has 0 aliphatic rings. The summed E-state index contributed by atoms with van der Waals surface area (Å²) in [7, 11) is 0. The Morgan fingerprint density at radius 2 is 2.15 bits per heavy atom. The molecule has 0 saturated carbocycles. The first kappa shape index (κ1) is 7.79. The van der Waals surface area contributed by atoms with Crippen LogP contribution in [-0.2, 0) is 0 Å². The first-order chi connectivity index (χ1) is 6.36. The summed E-state index contributed by atoms with van der Waals surface area (Å²) in [6.45, 7) is 0. The molecule has 1 heterocycles. The molecular formula is C9H8FN2O+. The van der Waals surface area contributed by atoms with Gasteiger partial charge < -0.3 is 0 Å². The molecule has 0 bridgehead atoms. The van der Waals surface area contributed by atoms with Crippen LogP contribution in [0.4, 0.5) is 4.39 Å². The quantitative estimate of drug-likeness (QED) is 0.691. The van der Waals surface area contributed by atoms with Crippen molar-refractivity contribution < 1.29 is 14.0 Å². The highest BCUT2D eigenvalue weighted by Crippen LogP contribution is 2.13. The minimum atomic E-state index is -0.379. The van der Waals surface area contributed by atoms with E-state index < -0.39 is 0 Å². The fraction of sp³-hybridized carbons (Fsp3) is 0. The Hall–Kier alpha value is -1.84. The van der Waals surface area contributed by atoms with Crippen LogP contribution in [0.3, 0.4) is 0 Å². The highest BCUT2D eigenvalue weighted by atomic mass is 19.1. The van der Waals surface area contributed by atoms with Gasteiger partial charge in [0, 0.05) is 0 Å². The van der Waals surface area contributed by atoms with Crippen LogP contribution in [0.1, 0.15) is 0 Å². The van der Waals surface area contributed by atoms with Crippen molar-refractivity contribution in [2.45, 2.75) is 0 Å². The van der Waals surface area contributed by atoms with Crippen molar-refractivity contribution in [1.29, 1.82) is 0 Å². The molecule has 1 aromatic carbocycles. The normalized spacial score (nSPS) is 9.92. The molecule has 13 heavy (non-hydrogen) atoms. The van der Waals surface area contributed by atoms with E-state index in [1.165, 1.54) is 10.8 Å². The van der Waals surface area contributed by atoms with Crippen LogP contribution < -0.4 is 9.57 Å². The van der Waals surface area contributed by atoms with Gasteiger partial charge >= 0.3 is 0 Å². The van der Waals surface area contributed by atoms with Gasteiger partial charge in [-0.15, -0.1) is 0 Å². The molecule has 0 amide bonds. The third-order valence-corrected chi connectivity index (χ3v) is 1.56. The lowest BCUT2D eigenvalue weighted by molar-refractivity contribution is -0.874. The minimum absolute atomic E-state index is 0.201. The number of aromatic nitrogens is 2. The number of nitrogens with one attached hydrogen (secondary N) is 1.